The third-order valence-electron chi connectivity index (χ3n) is 6.04. The molecule has 0 bridgehead atoms. The molecule has 5 nitrogen and oxygen atoms in total. The topological polar surface area (TPSA) is 64.4 Å². The van der Waals surface area contributed by atoms with Crippen LogP contribution in [0.3, 0.4) is 0 Å². The molecule has 2 aromatic carbocycles. The standard InChI is InChI=1S/C23H25Cl2N3O2S/c24-19-5-3-18(4-6-19)23-16-27(10-1-13-31(29,30)20-7-8-20)11-12-28(23)22-9-2-17(15-26)14-21(22)25/h2-6,9,14,20,23H,1,7-8,10-13,16H2/t23-/m0/s1. The Bertz CT molecular complexity index is 1080. The number of sulfone groups is 1. The molecule has 0 radical (unpaired) electrons. The van der Waals surface area contributed by atoms with Gasteiger partial charge in [-0.05, 0) is 61.7 Å². The van der Waals surface area contributed by atoms with Crippen LogP contribution in [-0.4, -0.2) is 50.5 Å². The van der Waals surface area contributed by atoms with Crippen LogP contribution in [0.4, 0.5) is 5.69 Å². The largest absolute Gasteiger partial charge is 0.361 e. The minimum Gasteiger partial charge on any atom is -0.361 e. The molecule has 31 heavy (non-hydrogen) atoms. The fraction of sp³-hybridized carbons (Fsp3) is 0.435. The monoisotopic (exact) mass is 477 g/mol. The van der Waals surface area contributed by atoms with Crippen molar-refractivity contribution in [3.05, 3.63) is 63.6 Å². The first-order chi connectivity index (χ1) is 14.9. The fourth-order valence-electron chi connectivity index (χ4n) is 4.19. The minimum absolute atomic E-state index is 0.0523. The van der Waals surface area contributed by atoms with Gasteiger partial charge in [-0.2, -0.15) is 5.26 Å². The van der Waals surface area contributed by atoms with Crippen LogP contribution in [0, 0.1) is 11.3 Å². The SMILES string of the molecule is N#Cc1ccc(N2CCN(CCCS(=O)(=O)C3CC3)C[C@H]2c2ccc(Cl)cc2)c(Cl)c1. The maximum Gasteiger partial charge on any atom is 0.153 e. The van der Waals surface area contributed by atoms with Crippen molar-refractivity contribution in [3.63, 3.8) is 0 Å². The number of anilines is 1. The Kier molecular flexibility index (Phi) is 6.78. The molecule has 0 spiro atoms. The van der Waals surface area contributed by atoms with Crippen LogP contribution in [0.2, 0.25) is 10.0 Å². The van der Waals surface area contributed by atoms with Crippen LogP contribution in [0.15, 0.2) is 42.5 Å². The molecule has 2 fully saturated rings. The normalized spacial score (nSPS) is 19.9. The molecule has 164 valence electrons. The molecule has 4 rings (SSSR count). The predicted molar refractivity (Wildman–Crippen MR) is 126 cm³/mol. The number of hydrogen-bond donors (Lipinski definition) is 0. The first kappa shape index (κ1) is 22.4. The zero-order valence-corrected chi connectivity index (χ0v) is 19.5. The number of hydrogen-bond acceptors (Lipinski definition) is 5. The van der Waals surface area contributed by atoms with E-state index >= 15 is 0 Å². The molecule has 1 saturated heterocycles. The zero-order chi connectivity index (χ0) is 22.0. The summed E-state index contributed by atoms with van der Waals surface area (Å²) in [5.74, 6) is 0.269. The summed E-state index contributed by atoms with van der Waals surface area (Å²) >= 11 is 12.6. The molecule has 1 saturated carbocycles. The van der Waals surface area contributed by atoms with Gasteiger partial charge in [0.2, 0.25) is 0 Å². The van der Waals surface area contributed by atoms with Gasteiger partial charge in [0.15, 0.2) is 9.84 Å². The van der Waals surface area contributed by atoms with Crippen LogP contribution in [0.1, 0.15) is 36.4 Å². The van der Waals surface area contributed by atoms with Crippen molar-refractivity contribution in [2.75, 3.05) is 36.8 Å². The van der Waals surface area contributed by atoms with E-state index in [-0.39, 0.29) is 17.0 Å². The van der Waals surface area contributed by atoms with Crippen molar-refractivity contribution >= 4 is 38.7 Å². The summed E-state index contributed by atoms with van der Waals surface area (Å²) in [5, 5.41) is 10.3. The Balaban J connectivity index is 1.51. The number of rotatable bonds is 7. The highest BCUT2D eigenvalue weighted by Crippen LogP contribution is 2.36. The molecule has 8 heteroatoms. The van der Waals surface area contributed by atoms with E-state index < -0.39 is 9.84 Å². The first-order valence-electron chi connectivity index (χ1n) is 10.5. The van der Waals surface area contributed by atoms with Gasteiger partial charge in [0, 0.05) is 24.7 Å². The molecule has 0 N–H and O–H groups in total. The number of piperazine rings is 1. The lowest BCUT2D eigenvalue weighted by Gasteiger charge is -2.43. The molecular weight excluding hydrogens is 453 g/mol. The fourth-order valence-corrected chi connectivity index (χ4v) is 6.33. The second kappa shape index (κ2) is 9.38. The van der Waals surface area contributed by atoms with Gasteiger partial charge in [-0.25, -0.2) is 8.42 Å². The molecular formula is C23H25Cl2N3O2S. The highest BCUT2D eigenvalue weighted by atomic mass is 35.5. The average molecular weight is 478 g/mol. The van der Waals surface area contributed by atoms with E-state index in [0.717, 1.165) is 50.3 Å². The van der Waals surface area contributed by atoms with E-state index in [9.17, 15) is 8.42 Å². The van der Waals surface area contributed by atoms with Gasteiger partial charge in [0.1, 0.15) is 0 Å². The maximum absolute atomic E-state index is 12.2. The third-order valence-corrected chi connectivity index (χ3v) is 8.94. The highest BCUT2D eigenvalue weighted by Gasteiger charge is 2.35. The van der Waals surface area contributed by atoms with Crippen LogP contribution < -0.4 is 4.90 Å². The Morgan fingerprint density at radius 2 is 1.81 bits per heavy atom. The summed E-state index contributed by atoms with van der Waals surface area (Å²) in [6.07, 6.45) is 2.31. The third kappa shape index (κ3) is 5.35. The number of nitriles is 1. The van der Waals surface area contributed by atoms with Crippen molar-refractivity contribution in [3.8, 4) is 6.07 Å². The number of halogens is 2. The highest BCUT2D eigenvalue weighted by molar-refractivity contribution is 7.92. The molecule has 0 aromatic heterocycles. The smallest absolute Gasteiger partial charge is 0.153 e. The summed E-state index contributed by atoms with van der Waals surface area (Å²) < 4.78 is 24.4. The summed E-state index contributed by atoms with van der Waals surface area (Å²) in [6.45, 7) is 3.10. The maximum atomic E-state index is 12.2. The number of benzene rings is 2. The van der Waals surface area contributed by atoms with Crippen molar-refractivity contribution < 1.29 is 8.42 Å². The van der Waals surface area contributed by atoms with E-state index in [4.69, 9.17) is 28.5 Å². The molecule has 1 heterocycles. The summed E-state index contributed by atoms with van der Waals surface area (Å²) in [6, 6.07) is 15.4. The van der Waals surface area contributed by atoms with Gasteiger partial charge in [0.25, 0.3) is 0 Å². The van der Waals surface area contributed by atoms with Gasteiger partial charge < -0.3 is 4.90 Å². The summed E-state index contributed by atoms with van der Waals surface area (Å²) in [4.78, 5) is 4.60. The van der Waals surface area contributed by atoms with Crippen molar-refractivity contribution in [1.82, 2.24) is 4.90 Å². The van der Waals surface area contributed by atoms with Gasteiger partial charge in [-0.15, -0.1) is 0 Å². The van der Waals surface area contributed by atoms with Gasteiger partial charge in [-0.3, -0.25) is 4.90 Å². The van der Waals surface area contributed by atoms with Crippen LogP contribution in [0.25, 0.3) is 0 Å². The Hall–Kier alpha value is -1.78. The van der Waals surface area contributed by atoms with Crippen LogP contribution in [-0.2, 0) is 9.84 Å². The van der Waals surface area contributed by atoms with E-state index in [0.29, 0.717) is 22.0 Å². The van der Waals surface area contributed by atoms with Gasteiger partial charge in [-0.1, -0.05) is 35.3 Å². The molecule has 0 unspecified atom stereocenters. The quantitative estimate of drug-likeness (QED) is 0.578. The van der Waals surface area contributed by atoms with Crippen molar-refractivity contribution in [2.24, 2.45) is 0 Å². The van der Waals surface area contributed by atoms with E-state index in [1.165, 1.54) is 0 Å². The predicted octanol–water partition coefficient (Wildman–Crippen LogP) is 4.70. The summed E-state index contributed by atoms with van der Waals surface area (Å²) in [5.41, 5.74) is 2.56. The number of nitrogens with zero attached hydrogens (tertiary/aromatic N) is 3. The van der Waals surface area contributed by atoms with Gasteiger partial charge in [0.05, 0.1) is 39.4 Å². The molecule has 1 aliphatic carbocycles. The van der Waals surface area contributed by atoms with Crippen molar-refractivity contribution in [2.45, 2.75) is 30.6 Å². The molecule has 0 amide bonds. The Morgan fingerprint density at radius 3 is 2.45 bits per heavy atom. The van der Waals surface area contributed by atoms with Crippen LogP contribution >= 0.6 is 23.2 Å². The lowest BCUT2D eigenvalue weighted by atomic mass is 10.0. The lowest BCUT2D eigenvalue weighted by molar-refractivity contribution is 0.224. The van der Waals surface area contributed by atoms with Gasteiger partial charge >= 0.3 is 0 Å². The second-order valence-electron chi connectivity index (χ2n) is 8.26. The van der Waals surface area contributed by atoms with E-state index in [2.05, 4.69) is 15.9 Å². The summed E-state index contributed by atoms with van der Waals surface area (Å²) in [7, 11) is -2.92. The van der Waals surface area contributed by atoms with E-state index in [1.807, 2.05) is 30.3 Å². The lowest BCUT2D eigenvalue weighted by Crippen LogP contribution is -2.49. The Labute approximate surface area is 194 Å². The van der Waals surface area contributed by atoms with Crippen molar-refractivity contribution in [1.29, 1.82) is 5.26 Å². The van der Waals surface area contributed by atoms with E-state index in [1.54, 1.807) is 12.1 Å². The first-order valence-corrected chi connectivity index (χ1v) is 13.0. The van der Waals surface area contributed by atoms with Crippen LogP contribution in [0.5, 0.6) is 0 Å². The second-order valence-corrected chi connectivity index (χ2v) is 11.5. The molecule has 1 atom stereocenters. The molecule has 1 aliphatic heterocycles. The average Bonchev–Trinajstić information content (AvgIpc) is 3.60. The zero-order valence-electron chi connectivity index (χ0n) is 17.2. The molecule has 2 aliphatic rings. The Morgan fingerprint density at radius 1 is 1.06 bits per heavy atom. The molecule has 2 aromatic rings. The minimum atomic E-state index is -2.92.